The summed E-state index contributed by atoms with van der Waals surface area (Å²) in [4.78, 5) is 15.1. The molecule has 2 rings (SSSR count). The second-order valence-electron chi connectivity index (χ2n) is 3.31. The van der Waals surface area contributed by atoms with Crippen LogP contribution in [0.4, 0.5) is 0 Å². The summed E-state index contributed by atoms with van der Waals surface area (Å²) < 4.78 is 1.71. The van der Waals surface area contributed by atoms with Crippen LogP contribution >= 0.6 is 11.6 Å². The first-order chi connectivity index (χ1) is 7.59. The molecule has 1 heterocycles. The lowest BCUT2D eigenvalue weighted by atomic mass is 10.1. The lowest BCUT2D eigenvalue weighted by molar-refractivity contribution is 0.0697. The molecule has 0 amide bonds. The van der Waals surface area contributed by atoms with E-state index >= 15 is 0 Å². The van der Waals surface area contributed by atoms with E-state index in [-0.39, 0.29) is 5.56 Å². The zero-order valence-electron chi connectivity index (χ0n) is 8.51. The highest BCUT2D eigenvalue weighted by atomic mass is 35.5. The lowest BCUT2D eigenvalue weighted by Gasteiger charge is -2.08. The van der Waals surface area contributed by atoms with Crippen molar-refractivity contribution >= 4 is 17.6 Å². The van der Waals surface area contributed by atoms with Crippen molar-refractivity contribution < 1.29 is 9.90 Å². The molecule has 0 aliphatic carbocycles. The van der Waals surface area contributed by atoms with Crippen LogP contribution in [0.1, 0.15) is 16.2 Å². The number of carbonyl (C=O) groups is 1. The number of halogens is 1. The number of carboxylic acid groups (broad SMARTS) is 1. The summed E-state index contributed by atoms with van der Waals surface area (Å²) in [5, 5.41) is 9.49. The summed E-state index contributed by atoms with van der Waals surface area (Å²) in [7, 11) is 0. The Labute approximate surface area is 97.1 Å². The first kappa shape index (κ1) is 10.7. The SMILES string of the molecule is Cc1nccn1-c1ccc(Cl)cc1C(=O)O. The molecule has 0 fully saturated rings. The van der Waals surface area contributed by atoms with Crippen molar-refractivity contribution in [2.45, 2.75) is 6.92 Å². The Balaban J connectivity index is 2.65. The Hall–Kier alpha value is -1.81. The highest BCUT2D eigenvalue weighted by molar-refractivity contribution is 6.31. The molecule has 1 N–H and O–H groups in total. The molecular formula is C11H9ClN2O2. The molecule has 1 aromatic carbocycles. The second-order valence-corrected chi connectivity index (χ2v) is 3.75. The maximum absolute atomic E-state index is 11.1. The van der Waals surface area contributed by atoms with Crippen LogP contribution in [0.3, 0.4) is 0 Å². The molecule has 0 unspecified atom stereocenters. The van der Waals surface area contributed by atoms with Gasteiger partial charge >= 0.3 is 5.97 Å². The van der Waals surface area contributed by atoms with Crippen molar-refractivity contribution in [3.8, 4) is 5.69 Å². The van der Waals surface area contributed by atoms with Crippen molar-refractivity contribution in [1.29, 1.82) is 0 Å². The molecule has 2 aromatic rings. The van der Waals surface area contributed by atoms with Crippen molar-refractivity contribution in [2.75, 3.05) is 0 Å². The Kier molecular flexibility index (Phi) is 2.66. The number of benzene rings is 1. The molecule has 0 aliphatic rings. The molecule has 1 aromatic heterocycles. The summed E-state index contributed by atoms with van der Waals surface area (Å²) >= 11 is 5.77. The predicted octanol–water partition coefficient (Wildman–Crippen LogP) is 2.53. The molecule has 4 nitrogen and oxygen atoms in total. The van der Waals surface area contributed by atoms with E-state index < -0.39 is 5.97 Å². The summed E-state index contributed by atoms with van der Waals surface area (Å²) in [5.74, 6) is -0.282. The van der Waals surface area contributed by atoms with Gasteiger partial charge in [0.15, 0.2) is 0 Å². The van der Waals surface area contributed by atoms with Crippen LogP contribution in [0.15, 0.2) is 30.6 Å². The standard InChI is InChI=1S/C11H9ClN2O2/c1-7-13-4-5-14(7)10-3-2-8(12)6-9(10)11(15)16/h2-6H,1H3,(H,15,16). The summed E-state index contributed by atoms with van der Waals surface area (Å²) in [5.41, 5.74) is 0.723. The molecule has 0 aliphatic heterocycles. The fourth-order valence-corrected chi connectivity index (χ4v) is 1.69. The first-order valence-electron chi connectivity index (χ1n) is 4.63. The van der Waals surface area contributed by atoms with Crippen LogP contribution < -0.4 is 0 Å². The molecule has 5 heteroatoms. The average molecular weight is 237 g/mol. The highest BCUT2D eigenvalue weighted by Gasteiger charge is 2.13. The van der Waals surface area contributed by atoms with Gasteiger partial charge in [-0.3, -0.25) is 0 Å². The van der Waals surface area contributed by atoms with Crippen molar-refractivity contribution in [3.63, 3.8) is 0 Å². The van der Waals surface area contributed by atoms with Crippen LogP contribution in [0, 0.1) is 6.92 Å². The van der Waals surface area contributed by atoms with Gasteiger partial charge in [0, 0.05) is 17.4 Å². The quantitative estimate of drug-likeness (QED) is 0.872. The fraction of sp³-hybridized carbons (Fsp3) is 0.0909. The molecule has 0 saturated carbocycles. The van der Waals surface area contributed by atoms with Gasteiger partial charge in [-0.25, -0.2) is 9.78 Å². The smallest absolute Gasteiger partial charge is 0.337 e. The topological polar surface area (TPSA) is 55.1 Å². The maximum atomic E-state index is 11.1. The van der Waals surface area contributed by atoms with Gasteiger partial charge in [-0.15, -0.1) is 0 Å². The molecule has 82 valence electrons. The van der Waals surface area contributed by atoms with Gasteiger partial charge in [-0.05, 0) is 25.1 Å². The van der Waals surface area contributed by atoms with E-state index in [0.717, 1.165) is 5.82 Å². The van der Waals surface area contributed by atoms with Gasteiger partial charge in [-0.1, -0.05) is 11.6 Å². The van der Waals surface area contributed by atoms with Crippen molar-refractivity contribution in [3.05, 3.63) is 47.0 Å². The van der Waals surface area contributed by atoms with Crippen LogP contribution in [0.5, 0.6) is 0 Å². The monoisotopic (exact) mass is 236 g/mol. The van der Waals surface area contributed by atoms with E-state index in [1.165, 1.54) is 6.07 Å². The van der Waals surface area contributed by atoms with E-state index in [0.29, 0.717) is 10.7 Å². The minimum atomic E-state index is -1.01. The third-order valence-corrected chi connectivity index (χ3v) is 2.51. The molecule has 0 bridgehead atoms. The van der Waals surface area contributed by atoms with E-state index in [1.54, 1.807) is 36.0 Å². The number of hydrogen-bond donors (Lipinski definition) is 1. The van der Waals surface area contributed by atoms with Gasteiger partial charge in [-0.2, -0.15) is 0 Å². The minimum absolute atomic E-state index is 0.161. The van der Waals surface area contributed by atoms with Gasteiger partial charge < -0.3 is 9.67 Å². The molecule has 0 spiro atoms. The molecular weight excluding hydrogens is 228 g/mol. The van der Waals surface area contributed by atoms with E-state index in [4.69, 9.17) is 16.7 Å². The van der Waals surface area contributed by atoms with Crippen LogP contribution in [0.25, 0.3) is 5.69 Å². The van der Waals surface area contributed by atoms with Crippen molar-refractivity contribution in [2.24, 2.45) is 0 Å². The Morgan fingerprint density at radius 3 is 2.81 bits per heavy atom. The maximum Gasteiger partial charge on any atom is 0.337 e. The number of aromatic carboxylic acids is 1. The minimum Gasteiger partial charge on any atom is -0.478 e. The summed E-state index contributed by atoms with van der Waals surface area (Å²) in [6, 6.07) is 4.75. The number of imidazole rings is 1. The van der Waals surface area contributed by atoms with Gasteiger partial charge in [0.25, 0.3) is 0 Å². The third-order valence-electron chi connectivity index (χ3n) is 2.27. The Morgan fingerprint density at radius 1 is 1.50 bits per heavy atom. The fourth-order valence-electron chi connectivity index (χ4n) is 1.52. The second kappa shape index (κ2) is 3.98. The first-order valence-corrected chi connectivity index (χ1v) is 5.00. The van der Waals surface area contributed by atoms with Gasteiger partial charge in [0.05, 0.1) is 11.3 Å². The van der Waals surface area contributed by atoms with Crippen LogP contribution in [-0.4, -0.2) is 20.6 Å². The lowest BCUT2D eigenvalue weighted by Crippen LogP contribution is -2.06. The number of aromatic nitrogens is 2. The molecule has 0 radical (unpaired) electrons. The number of aryl methyl sites for hydroxylation is 1. The molecule has 0 atom stereocenters. The Bertz CT molecular complexity index is 549. The normalized spacial score (nSPS) is 10.4. The molecule has 0 saturated heterocycles. The number of hydrogen-bond acceptors (Lipinski definition) is 2. The highest BCUT2D eigenvalue weighted by Crippen LogP contribution is 2.20. The number of nitrogens with zero attached hydrogens (tertiary/aromatic N) is 2. The zero-order chi connectivity index (χ0) is 11.7. The van der Waals surface area contributed by atoms with E-state index in [9.17, 15) is 4.79 Å². The number of rotatable bonds is 2. The summed E-state index contributed by atoms with van der Waals surface area (Å²) in [6.45, 7) is 1.81. The Morgan fingerprint density at radius 2 is 2.25 bits per heavy atom. The van der Waals surface area contributed by atoms with E-state index in [2.05, 4.69) is 4.98 Å². The van der Waals surface area contributed by atoms with Gasteiger partial charge in [0.2, 0.25) is 0 Å². The largest absolute Gasteiger partial charge is 0.478 e. The van der Waals surface area contributed by atoms with Crippen LogP contribution in [0.2, 0.25) is 5.02 Å². The van der Waals surface area contributed by atoms with Gasteiger partial charge in [0.1, 0.15) is 5.82 Å². The number of carboxylic acids is 1. The summed E-state index contributed by atoms with van der Waals surface area (Å²) in [6.07, 6.45) is 3.33. The van der Waals surface area contributed by atoms with Crippen LogP contribution in [-0.2, 0) is 0 Å². The average Bonchev–Trinajstić information content (AvgIpc) is 2.64. The zero-order valence-corrected chi connectivity index (χ0v) is 9.27. The third kappa shape index (κ3) is 1.79. The van der Waals surface area contributed by atoms with E-state index in [1.807, 2.05) is 0 Å². The predicted molar refractivity (Wildman–Crippen MR) is 60.3 cm³/mol. The molecule has 16 heavy (non-hydrogen) atoms. The van der Waals surface area contributed by atoms with Crippen molar-refractivity contribution in [1.82, 2.24) is 9.55 Å².